The number of fused-ring (bicyclic) bond motifs is 3. The molecule has 0 radical (unpaired) electrons. The number of phenolic OH excluding ortho intramolecular Hbond substituents is 1. The first kappa shape index (κ1) is 24.0. The maximum Gasteiger partial charge on any atom is 0.344 e. The minimum absolute atomic E-state index is 0.0553. The van der Waals surface area contributed by atoms with Gasteiger partial charge in [0, 0.05) is 17.8 Å². The van der Waals surface area contributed by atoms with Crippen molar-refractivity contribution in [2.45, 2.75) is 65.1 Å². The largest absolute Gasteiger partial charge is 0.508 e. The van der Waals surface area contributed by atoms with E-state index < -0.39 is 28.4 Å². The van der Waals surface area contributed by atoms with Crippen LogP contribution in [0.4, 0.5) is 10.1 Å². The third-order valence-electron chi connectivity index (χ3n) is 5.89. The van der Waals surface area contributed by atoms with Gasteiger partial charge in [0.2, 0.25) is 5.43 Å². The van der Waals surface area contributed by atoms with Gasteiger partial charge in [-0.3, -0.25) is 4.79 Å². The molecule has 0 unspecified atom stereocenters. The summed E-state index contributed by atoms with van der Waals surface area (Å²) in [5, 5.41) is 12.0. The van der Waals surface area contributed by atoms with Crippen LogP contribution in [0.15, 0.2) is 29.1 Å². The van der Waals surface area contributed by atoms with Crippen LogP contribution in [0.25, 0.3) is 11.0 Å². The van der Waals surface area contributed by atoms with Gasteiger partial charge in [-0.15, -0.1) is 0 Å². The van der Waals surface area contributed by atoms with E-state index in [4.69, 9.17) is 16.3 Å². The standard InChI is InChI=1S/C25H27ClFN3O4/c1-24(2,3)34-23(33)16-15-10-11-25(4,5)30(15)22-17(20(16)32)19(18(27)21(26)29-22)28-12-13-6-8-14(31)9-7-13/h6-9,31H,10-12H2,1-5H3,(H,28,29). The van der Waals surface area contributed by atoms with E-state index in [-0.39, 0.29) is 39.7 Å². The van der Waals surface area contributed by atoms with Crippen LogP contribution in [0.1, 0.15) is 62.7 Å². The molecule has 34 heavy (non-hydrogen) atoms. The lowest BCUT2D eigenvalue weighted by molar-refractivity contribution is 0.00664. The Bertz CT molecular complexity index is 1360. The summed E-state index contributed by atoms with van der Waals surface area (Å²) < 4.78 is 22.6. The molecule has 180 valence electrons. The molecule has 7 nitrogen and oxygen atoms in total. The first-order valence-corrected chi connectivity index (χ1v) is 11.4. The number of halogens is 2. The zero-order valence-corrected chi connectivity index (χ0v) is 20.5. The Morgan fingerprint density at radius 1 is 1.29 bits per heavy atom. The van der Waals surface area contributed by atoms with Crippen LogP contribution in [0, 0.1) is 5.82 Å². The van der Waals surface area contributed by atoms with Gasteiger partial charge in [0.1, 0.15) is 22.6 Å². The Balaban J connectivity index is 1.98. The Kier molecular flexibility index (Phi) is 5.84. The number of carbonyl (C=O) groups excluding carboxylic acids is 1. The second-order valence-electron chi connectivity index (χ2n) is 10.1. The van der Waals surface area contributed by atoms with Gasteiger partial charge in [0.05, 0.1) is 11.1 Å². The molecule has 2 aromatic heterocycles. The molecule has 0 aliphatic carbocycles. The normalized spacial score (nSPS) is 14.8. The molecule has 2 N–H and O–H groups in total. The number of carbonyl (C=O) groups is 1. The molecular weight excluding hydrogens is 461 g/mol. The second kappa shape index (κ2) is 8.27. The van der Waals surface area contributed by atoms with Gasteiger partial charge in [-0.2, -0.15) is 0 Å². The lowest BCUT2D eigenvalue weighted by atomic mass is 10.0. The number of ether oxygens (including phenoxy) is 1. The highest BCUT2D eigenvalue weighted by Gasteiger charge is 2.38. The van der Waals surface area contributed by atoms with Crippen LogP contribution in [0.3, 0.4) is 0 Å². The monoisotopic (exact) mass is 487 g/mol. The quantitative estimate of drug-likeness (QED) is 0.391. The van der Waals surface area contributed by atoms with Gasteiger partial charge < -0.3 is 19.7 Å². The SMILES string of the molecule is CC(C)(C)OC(=O)c1c2n(c3nc(Cl)c(F)c(NCc4ccc(O)cc4)c3c1=O)C(C)(C)CC2. The van der Waals surface area contributed by atoms with Crippen molar-refractivity contribution in [1.82, 2.24) is 9.55 Å². The Labute approximate surface area is 201 Å². The van der Waals surface area contributed by atoms with Crippen molar-refractivity contribution >= 4 is 34.3 Å². The molecule has 0 amide bonds. The Hall–Kier alpha value is -3.13. The number of benzene rings is 1. The third kappa shape index (κ3) is 4.22. The molecular formula is C25H27ClFN3O4. The maximum absolute atomic E-state index is 15.3. The Morgan fingerprint density at radius 3 is 2.56 bits per heavy atom. The number of phenols is 1. The van der Waals surface area contributed by atoms with Crippen molar-refractivity contribution in [2.75, 3.05) is 5.32 Å². The number of hydrogen-bond donors (Lipinski definition) is 2. The number of esters is 1. The number of hydrogen-bond acceptors (Lipinski definition) is 6. The number of aromatic hydroxyl groups is 1. The van der Waals surface area contributed by atoms with Crippen molar-refractivity contribution in [2.24, 2.45) is 0 Å². The van der Waals surface area contributed by atoms with Gasteiger partial charge in [0.25, 0.3) is 0 Å². The number of pyridine rings is 2. The van der Waals surface area contributed by atoms with Crippen molar-refractivity contribution in [1.29, 1.82) is 0 Å². The first-order chi connectivity index (χ1) is 15.8. The van der Waals surface area contributed by atoms with Crippen molar-refractivity contribution in [3.05, 3.63) is 62.3 Å². The van der Waals surface area contributed by atoms with Gasteiger partial charge in [-0.05, 0) is 65.2 Å². The minimum atomic E-state index is -0.878. The summed E-state index contributed by atoms with van der Waals surface area (Å²) in [6, 6.07) is 6.36. The van der Waals surface area contributed by atoms with E-state index in [0.29, 0.717) is 18.5 Å². The van der Waals surface area contributed by atoms with E-state index in [1.807, 2.05) is 13.8 Å². The summed E-state index contributed by atoms with van der Waals surface area (Å²) in [5.74, 6) is -1.53. The van der Waals surface area contributed by atoms with E-state index in [1.54, 1.807) is 37.5 Å². The number of rotatable bonds is 4. The van der Waals surface area contributed by atoms with Gasteiger partial charge >= 0.3 is 5.97 Å². The molecule has 0 atom stereocenters. The molecule has 0 bridgehead atoms. The molecule has 0 saturated heterocycles. The fourth-order valence-corrected chi connectivity index (χ4v) is 4.50. The van der Waals surface area contributed by atoms with Crippen molar-refractivity contribution in [3.63, 3.8) is 0 Å². The first-order valence-electron chi connectivity index (χ1n) is 11.0. The number of aromatic nitrogens is 2. The molecule has 0 saturated carbocycles. The molecule has 1 aliphatic heterocycles. The molecule has 9 heteroatoms. The fraction of sp³-hybridized carbons (Fsp3) is 0.400. The average molecular weight is 488 g/mol. The highest BCUT2D eigenvalue weighted by Crippen LogP contribution is 2.39. The highest BCUT2D eigenvalue weighted by atomic mass is 35.5. The summed E-state index contributed by atoms with van der Waals surface area (Å²) in [6.45, 7) is 9.25. The summed E-state index contributed by atoms with van der Waals surface area (Å²) in [7, 11) is 0. The summed E-state index contributed by atoms with van der Waals surface area (Å²) in [5.41, 5.74) is -0.712. The summed E-state index contributed by atoms with van der Waals surface area (Å²) >= 11 is 6.17. The van der Waals surface area contributed by atoms with E-state index in [9.17, 15) is 14.7 Å². The van der Waals surface area contributed by atoms with E-state index in [2.05, 4.69) is 10.3 Å². The highest BCUT2D eigenvalue weighted by molar-refractivity contribution is 6.30. The van der Waals surface area contributed by atoms with Gasteiger partial charge in [-0.25, -0.2) is 14.2 Å². The molecule has 0 fully saturated rings. The lowest BCUT2D eigenvalue weighted by Crippen LogP contribution is -2.32. The number of anilines is 1. The van der Waals surface area contributed by atoms with Gasteiger partial charge in [0.15, 0.2) is 11.0 Å². The van der Waals surface area contributed by atoms with Crippen LogP contribution < -0.4 is 10.7 Å². The molecule has 0 spiro atoms. The molecule has 4 rings (SSSR count). The van der Waals surface area contributed by atoms with E-state index >= 15 is 4.39 Å². The maximum atomic E-state index is 15.3. The van der Waals surface area contributed by atoms with Gasteiger partial charge in [-0.1, -0.05) is 23.7 Å². The lowest BCUT2D eigenvalue weighted by Gasteiger charge is -2.27. The summed E-state index contributed by atoms with van der Waals surface area (Å²) in [4.78, 5) is 31.1. The van der Waals surface area contributed by atoms with Crippen LogP contribution >= 0.6 is 11.6 Å². The van der Waals surface area contributed by atoms with Crippen LogP contribution in [0.5, 0.6) is 5.75 Å². The smallest absolute Gasteiger partial charge is 0.344 e. The topological polar surface area (TPSA) is 93.5 Å². The zero-order valence-electron chi connectivity index (χ0n) is 19.8. The van der Waals surface area contributed by atoms with Crippen molar-refractivity contribution in [3.8, 4) is 5.75 Å². The van der Waals surface area contributed by atoms with Crippen LogP contribution in [0.2, 0.25) is 5.15 Å². The van der Waals surface area contributed by atoms with Crippen molar-refractivity contribution < 1.29 is 19.0 Å². The minimum Gasteiger partial charge on any atom is -0.508 e. The fourth-order valence-electron chi connectivity index (χ4n) is 4.33. The Morgan fingerprint density at radius 2 is 1.94 bits per heavy atom. The van der Waals surface area contributed by atoms with E-state index in [1.165, 1.54) is 12.1 Å². The van der Waals surface area contributed by atoms with Crippen LogP contribution in [-0.2, 0) is 23.2 Å². The number of nitrogens with one attached hydrogen (secondary N) is 1. The van der Waals surface area contributed by atoms with E-state index in [0.717, 1.165) is 5.56 Å². The van der Waals surface area contributed by atoms with Crippen LogP contribution in [-0.4, -0.2) is 26.2 Å². The average Bonchev–Trinajstić information content (AvgIpc) is 3.03. The molecule has 1 aliphatic rings. The predicted octanol–water partition coefficient (Wildman–Crippen LogP) is 5.14. The molecule has 1 aromatic carbocycles. The molecule has 3 heterocycles. The third-order valence-corrected chi connectivity index (χ3v) is 6.14. The predicted molar refractivity (Wildman–Crippen MR) is 129 cm³/mol. The molecule has 3 aromatic rings. The summed E-state index contributed by atoms with van der Waals surface area (Å²) in [6.07, 6.45) is 1.13. The zero-order chi connectivity index (χ0) is 25.0. The number of nitrogens with zero attached hydrogens (tertiary/aromatic N) is 2. The second-order valence-corrected chi connectivity index (χ2v) is 10.5.